The van der Waals surface area contributed by atoms with E-state index >= 15 is 0 Å². The van der Waals surface area contributed by atoms with Gasteiger partial charge < -0.3 is 9.47 Å². The van der Waals surface area contributed by atoms with Crippen LogP contribution in [0.4, 0.5) is 0 Å². The third-order valence-corrected chi connectivity index (χ3v) is 7.25. The Morgan fingerprint density at radius 3 is 1.14 bits per heavy atom. The summed E-state index contributed by atoms with van der Waals surface area (Å²) in [5.41, 5.74) is 1.19. The Hall–Kier alpha value is -0.0800. The first-order chi connectivity index (χ1) is 12.4. The molecule has 2 aliphatic heterocycles. The van der Waals surface area contributed by atoms with Crippen molar-refractivity contribution in [2.45, 2.75) is 152 Å². The number of hydrogen-bond acceptors (Lipinski definition) is 2. The van der Waals surface area contributed by atoms with Gasteiger partial charge in [0.15, 0.2) is 0 Å². The third-order valence-electron chi connectivity index (χ3n) is 7.25. The van der Waals surface area contributed by atoms with E-state index in [-0.39, 0.29) is 22.4 Å². The van der Waals surface area contributed by atoms with Gasteiger partial charge in [-0.3, -0.25) is 0 Å². The molecule has 0 aromatic rings. The van der Waals surface area contributed by atoms with Crippen LogP contribution in [-0.2, 0) is 9.47 Å². The van der Waals surface area contributed by atoms with Crippen LogP contribution in [0.5, 0.6) is 0 Å². The van der Waals surface area contributed by atoms with Crippen LogP contribution in [0.3, 0.4) is 0 Å². The molecule has 0 spiro atoms. The van der Waals surface area contributed by atoms with Crippen molar-refractivity contribution in [3.05, 3.63) is 0 Å². The van der Waals surface area contributed by atoms with E-state index in [9.17, 15) is 0 Å². The third kappa shape index (κ3) is 7.84. The first-order valence-electron chi connectivity index (χ1n) is 11.8. The summed E-state index contributed by atoms with van der Waals surface area (Å²) in [6.07, 6.45) is 4.65. The fraction of sp³-hybridized carbons (Fsp3) is 1.00. The summed E-state index contributed by atoms with van der Waals surface area (Å²) < 4.78 is 12.2. The molecular formula is C27H54O2. The van der Waals surface area contributed by atoms with Gasteiger partial charge in [-0.1, -0.05) is 48.5 Å². The normalized spacial score (nSPS) is 28.2. The summed E-state index contributed by atoms with van der Waals surface area (Å²) in [4.78, 5) is 0. The van der Waals surface area contributed by atoms with Crippen LogP contribution in [0.1, 0.15) is 130 Å². The monoisotopic (exact) mass is 410 g/mol. The zero-order valence-corrected chi connectivity index (χ0v) is 22.7. The Labute approximate surface area is 183 Å². The molecule has 2 heterocycles. The largest absolute Gasteiger partial charge is 0.370 e. The molecule has 0 radical (unpaired) electrons. The molecule has 0 N–H and O–H groups in total. The maximum absolute atomic E-state index is 6.15. The van der Waals surface area contributed by atoms with E-state index in [1.807, 2.05) is 0 Å². The molecule has 2 heteroatoms. The predicted octanol–water partition coefficient (Wildman–Crippen LogP) is 8.42. The molecule has 2 rings (SSSR count). The van der Waals surface area contributed by atoms with Crippen molar-refractivity contribution < 1.29 is 9.47 Å². The Kier molecular flexibility index (Phi) is 7.25. The van der Waals surface area contributed by atoms with Crippen molar-refractivity contribution in [3.63, 3.8) is 0 Å². The number of ether oxygens (including phenoxy) is 2. The van der Waals surface area contributed by atoms with Gasteiger partial charge in [0.1, 0.15) is 0 Å². The van der Waals surface area contributed by atoms with Gasteiger partial charge in [-0.2, -0.15) is 0 Å². The molecule has 29 heavy (non-hydrogen) atoms. The van der Waals surface area contributed by atoms with Gasteiger partial charge in [-0.25, -0.2) is 0 Å². The summed E-state index contributed by atoms with van der Waals surface area (Å²) >= 11 is 0. The summed E-state index contributed by atoms with van der Waals surface area (Å²) in [7, 11) is 0. The maximum atomic E-state index is 6.15. The molecule has 0 atom stereocenters. The van der Waals surface area contributed by atoms with Gasteiger partial charge in [0.05, 0.1) is 22.4 Å². The Morgan fingerprint density at radius 1 is 0.552 bits per heavy atom. The molecule has 2 fully saturated rings. The highest BCUT2D eigenvalue weighted by Crippen LogP contribution is 2.54. The molecule has 0 unspecified atom stereocenters. The maximum Gasteiger partial charge on any atom is 0.0639 e. The SMILES string of the molecule is CC1(C)CC(C(C)(C)C)CC(C)(C)O1.CC1(C)CC(C)(C(C)(C)C)CC(C)(C)O1. The van der Waals surface area contributed by atoms with Crippen molar-refractivity contribution in [2.24, 2.45) is 22.2 Å². The summed E-state index contributed by atoms with van der Waals surface area (Å²) in [6.45, 7) is 34.2. The van der Waals surface area contributed by atoms with E-state index in [0.717, 1.165) is 18.8 Å². The minimum Gasteiger partial charge on any atom is -0.370 e. The first kappa shape index (κ1) is 27.0. The van der Waals surface area contributed by atoms with Crippen molar-refractivity contribution in [3.8, 4) is 0 Å². The summed E-state index contributed by atoms with van der Waals surface area (Å²) in [5, 5.41) is 0. The zero-order chi connectivity index (χ0) is 23.3. The summed E-state index contributed by atoms with van der Waals surface area (Å²) in [5.74, 6) is 0.765. The molecule has 174 valence electrons. The molecule has 2 saturated heterocycles. The van der Waals surface area contributed by atoms with Crippen molar-refractivity contribution in [2.75, 3.05) is 0 Å². The average Bonchev–Trinajstić information content (AvgIpc) is 2.27. The molecule has 2 aliphatic rings. The van der Waals surface area contributed by atoms with Gasteiger partial charge in [-0.15, -0.1) is 0 Å². The van der Waals surface area contributed by atoms with Gasteiger partial charge in [0.2, 0.25) is 0 Å². The summed E-state index contributed by atoms with van der Waals surface area (Å²) in [6, 6.07) is 0. The second-order valence-electron chi connectivity index (χ2n) is 14.9. The molecule has 0 bridgehead atoms. The van der Waals surface area contributed by atoms with E-state index in [1.54, 1.807) is 0 Å². The average molecular weight is 411 g/mol. The van der Waals surface area contributed by atoms with Crippen LogP contribution in [-0.4, -0.2) is 22.4 Å². The lowest BCUT2D eigenvalue weighted by atomic mass is 9.58. The molecule has 0 aromatic heterocycles. The Bertz CT molecular complexity index is 520. The lowest BCUT2D eigenvalue weighted by Crippen LogP contribution is -2.53. The van der Waals surface area contributed by atoms with Crippen LogP contribution in [0.25, 0.3) is 0 Å². The highest BCUT2D eigenvalue weighted by Gasteiger charge is 2.50. The van der Waals surface area contributed by atoms with Crippen LogP contribution in [0.2, 0.25) is 0 Å². The molecule has 0 saturated carbocycles. The fourth-order valence-corrected chi connectivity index (χ4v) is 5.99. The second kappa shape index (κ2) is 7.80. The highest BCUT2D eigenvalue weighted by atomic mass is 16.5. The molecule has 0 aromatic carbocycles. The lowest BCUT2D eigenvalue weighted by Gasteiger charge is -2.56. The number of hydrogen-bond donors (Lipinski definition) is 0. The van der Waals surface area contributed by atoms with Crippen molar-refractivity contribution >= 4 is 0 Å². The quantitative estimate of drug-likeness (QED) is 0.399. The van der Waals surface area contributed by atoms with E-state index in [4.69, 9.17) is 9.47 Å². The van der Waals surface area contributed by atoms with Gasteiger partial charge in [0, 0.05) is 0 Å². The predicted molar refractivity (Wildman–Crippen MR) is 127 cm³/mol. The molecule has 0 aliphatic carbocycles. The van der Waals surface area contributed by atoms with E-state index in [2.05, 4.69) is 104 Å². The molecule has 2 nitrogen and oxygen atoms in total. The minimum absolute atomic E-state index is 0.00375. The topological polar surface area (TPSA) is 18.5 Å². The zero-order valence-electron chi connectivity index (χ0n) is 22.7. The van der Waals surface area contributed by atoms with Gasteiger partial charge in [0.25, 0.3) is 0 Å². The lowest BCUT2D eigenvalue weighted by molar-refractivity contribution is -0.213. The standard InChI is InChI=1S/C14H28O.C13H26O/c1-11(2,3)14(8)9-12(4,5)15-13(6,7)10-14;1-11(2,3)10-8-12(4,5)14-13(6,7)9-10/h9-10H2,1-8H3;10H,8-9H2,1-7H3. The smallest absolute Gasteiger partial charge is 0.0639 e. The minimum atomic E-state index is 0.00375. The fourth-order valence-electron chi connectivity index (χ4n) is 5.99. The van der Waals surface area contributed by atoms with Crippen molar-refractivity contribution in [1.29, 1.82) is 0 Å². The molecular weight excluding hydrogens is 356 g/mol. The van der Waals surface area contributed by atoms with Crippen molar-refractivity contribution in [1.82, 2.24) is 0 Å². The van der Waals surface area contributed by atoms with Gasteiger partial charge in [-0.05, 0) is 103 Å². The van der Waals surface area contributed by atoms with Crippen LogP contribution < -0.4 is 0 Å². The van der Waals surface area contributed by atoms with E-state index < -0.39 is 0 Å². The molecule has 0 amide bonds. The Balaban J connectivity index is 0.000000291. The van der Waals surface area contributed by atoms with Crippen LogP contribution in [0, 0.1) is 22.2 Å². The van der Waals surface area contributed by atoms with E-state index in [1.165, 1.54) is 12.8 Å². The second-order valence-corrected chi connectivity index (χ2v) is 14.9. The highest BCUT2D eigenvalue weighted by molar-refractivity contribution is 5.00. The van der Waals surface area contributed by atoms with Gasteiger partial charge >= 0.3 is 0 Å². The Morgan fingerprint density at radius 2 is 0.862 bits per heavy atom. The first-order valence-corrected chi connectivity index (χ1v) is 11.8. The van der Waals surface area contributed by atoms with Crippen LogP contribution >= 0.6 is 0 Å². The van der Waals surface area contributed by atoms with Crippen LogP contribution in [0.15, 0.2) is 0 Å². The van der Waals surface area contributed by atoms with E-state index in [0.29, 0.717) is 16.2 Å². The number of rotatable bonds is 0.